The lowest BCUT2D eigenvalue weighted by Crippen LogP contribution is -2.04. The van der Waals surface area contributed by atoms with Crippen LogP contribution in [0.3, 0.4) is 0 Å². The monoisotopic (exact) mass is 512 g/mol. The Morgan fingerprint density at radius 2 is 0.528 bits per heavy atom. The van der Waals surface area contributed by atoms with Crippen molar-refractivity contribution in [2.24, 2.45) is 0 Å². The standard InChI is InChI=1S/C26H10F10/c27-17-15(18(28)22(32)25(35)21(17)31)13-7-3-11(4-8-13)1-2-12-5-9-14(10-6-12)16-19(29)23(33)26(36)24(34)20(16)30/h1-10H/b2-1+. The summed E-state index contributed by atoms with van der Waals surface area (Å²) in [7, 11) is 0. The summed E-state index contributed by atoms with van der Waals surface area (Å²) in [6.07, 6.45) is 2.99. The fourth-order valence-corrected chi connectivity index (χ4v) is 3.43. The molecule has 4 aromatic carbocycles. The van der Waals surface area contributed by atoms with E-state index in [1.165, 1.54) is 36.4 Å². The molecule has 0 spiro atoms. The summed E-state index contributed by atoms with van der Waals surface area (Å²) >= 11 is 0. The van der Waals surface area contributed by atoms with Gasteiger partial charge in [-0.3, -0.25) is 0 Å². The van der Waals surface area contributed by atoms with Crippen molar-refractivity contribution in [3.63, 3.8) is 0 Å². The second-order valence-electron chi connectivity index (χ2n) is 7.47. The van der Waals surface area contributed by atoms with Crippen LogP contribution in [0.15, 0.2) is 48.5 Å². The quantitative estimate of drug-likeness (QED) is 0.111. The molecule has 0 fully saturated rings. The molecule has 0 saturated carbocycles. The molecular formula is C26H10F10. The maximum Gasteiger partial charge on any atom is 0.200 e. The van der Waals surface area contributed by atoms with Crippen LogP contribution in [0.1, 0.15) is 11.1 Å². The number of rotatable bonds is 4. The first-order valence-electron chi connectivity index (χ1n) is 9.94. The molecule has 184 valence electrons. The lowest BCUT2D eigenvalue weighted by atomic mass is 10.0. The summed E-state index contributed by atoms with van der Waals surface area (Å²) in [5.41, 5.74) is -1.77. The normalized spacial score (nSPS) is 11.5. The first-order chi connectivity index (χ1) is 17.0. The SMILES string of the molecule is Fc1c(F)c(F)c(-c2ccc(/C=C/c3ccc(-c4c(F)c(F)c(F)c(F)c4F)cc3)cc2)c(F)c1F. The van der Waals surface area contributed by atoms with E-state index >= 15 is 0 Å². The molecular weight excluding hydrogens is 502 g/mol. The van der Waals surface area contributed by atoms with Crippen molar-refractivity contribution in [2.45, 2.75) is 0 Å². The topological polar surface area (TPSA) is 0 Å². The van der Waals surface area contributed by atoms with Gasteiger partial charge in [0, 0.05) is 0 Å². The summed E-state index contributed by atoms with van der Waals surface area (Å²) in [5.74, 6) is -20.7. The molecule has 0 unspecified atom stereocenters. The Hall–Kier alpha value is -4.08. The van der Waals surface area contributed by atoms with Gasteiger partial charge in [-0.25, -0.2) is 43.9 Å². The highest BCUT2D eigenvalue weighted by Crippen LogP contribution is 2.33. The molecule has 0 amide bonds. The summed E-state index contributed by atoms with van der Waals surface area (Å²) in [4.78, 5) is 0. The Kier molecular flexibility index (Phi) is 6.62. The smallest absolute Gasteiger partial charge is 0.200 e. The van der Waals surface area contributed by atoms with Gasteiger partial charge in [-0.2, -0.15) is 0 Å². The molecule has 4 aromatic rings. The van der Waals surface area contributed by atoms with E-state index in [9.17, 15) is 43.9 Å². The number of hydrogen-bond acceptors (Lipinski definition) is 0. The summed E-state index contributed by atoms with van der Waals surface area (Å²) in [5, 5.41) is 0. The maximum absolute atomic E-state index is 14.0. The Bertz CT molecular complexity index is 1330. The van der Waals surface area contributed by atoms with E-state index < -0.39 is 69.3 Å². The van der Waals surface area contributed by atoms with E-state index in [2.05, 4.69) is 0 Å². The Balaban J connectivity index is 1.59. The van der Waals surface area contributed by atoms with E-state index in [-0.39, 0.29) is 11.1 Å². The molecule has 4 rings (SSSR count). The van der Waals surface area contributed by atoms with Crippen LogP contribution < -0.4 is 0 Å². The average molecular weight is 512 g/mol. The van der Waals surface area contributed by atoms with Gasteiger partial charge in [-0.1, -0.05) is 60.7 Å². The van der Waals surface area contributed by atoms with Gasteiger partial charge in [0.25, 0.3) is 0 Å². The fourth-order valence-electron chi connectivity index (χ4n) is 3.43. The van der Waals surface area contributed by atoms with Crippen LogP contribution in [0.4, 0.5) is 43.9 Å². The zero-order valence-corrected chi connectivity index (χ0v) is 17.6. The third-order valence-corrected chi connectivity index (χ3v) is 5.29. The van der Waals surface area contributed by atoms with E-state index in [0.717, 1.165) is 24.3 Å². The molecule has 0 nitrogen and oxygen atoms in total. The summed E-state index contributed by atoms with van der Waals surface area (Å²) in [6, 6.07) is 9.93. The Morgan fingerprint density at radius 3 is 0.778 bits per heavy atom. The van der Waals surface area contributed by atoms with Gasteiger partial charge in [0.1, 0.15) is 0 Å². The minimum Gasteiger partial charge on any atom is -0.203 e. The van der Waals surface area contributed by atoms with Crippen molar-refractivity contribution >= 4 is 12.2 Å². The second kappa shape index (κ2) is 9.52. The lowest BCUT2D eigenvalue weighted by molar-refractivity contribution is 0.381. The molecule has 0 bridgehead atoms. The van der Waals surface area contributed by atoms with Gasteiger partial charge in [0.05, 0.1) is 11.1 Å². The maximum atomic E-state index is 14.0. The zero-order chi connectivity index (χ0) is 26.3. The van der Waals surface area contributed by atoms with Crippen molar-refractivity contribution in [2.75, 3.05) is 0 Å². The van der Waals surface area contributed by atoms with Crippen LogP contribution in [0, 0.1) is 58.2 Å². The van der Waals surface area contributed by atoms with E-state index in [4.69, 9.17) is 0 Å². The molecule has 0 N–H and O–H groups in total. The zero-order valence-electron chi connectivity index (χ0n) is 17.6. The molecule has 0 atom stereocenters. The van der Waals surface area contributed by atoms with Crippen LogP contribution in [0.25, 0.3) is 34.4 Å². The van der Waals surface area contributed by atoms with Gasteiger partial charge in [-0.05, 0) is 22.3 Å². The predicted molar refractivity (Wildman–Crippen MR) is 112 cm³/mol. The number of halogens is 10. The first kappa shape index (κ1) is 25.0. The van der Waals surface area contributed by atoms with Gasteiger partial charge >= 0.3 is 0 Å². The average Bonchev–Trinajstić information content (AvgIpc) is 2.89. The van der Waals surface area contributed by atoms with Crippen LogP contribution in [-0.2, 0) is 0 Å². The Labute approximate surface area is 196 Å². The van der Waals surface area contributed by atoms with Gasteiger partial charge in [-0.15, -0.1) is 0 Å². The molecule has 0 radical (unpaired) electrons. The fraction of sp³-hybridized carbons (Fsp3) is 0. The van der Waals surface area contributed by atoms with Gasteiger partial charge in [0.15, 0.2) is 46.5 Å². The Morgan fingerprint density at radius 1 is 0.306 bits per heavy atom. The minimum absolute atomic E-state index is 0.257. The first-order valence-corrected chi connectivity index (χ1v) is 9.94. The van der Waals surface area contributed by atoms with Crippen LogP contribution in [0.5, 0.6) is 0 Å². The van der Waals surface area contributed by atoms with Crippen LogP contribution in [0.2, 0.25) is 0 Å². The summed E-state index contributed by atoms with van der Waals surface area (Å²) < 4.78 is 136. The molecule has 36 heavy (non-hydrogen) atoms. The van der Waals surface area contributed by atoms with Crippen molar-refractivity contribution in [1.29, 1.82) is 0 Å². The molecule has 0 heterocycles. The van der Waals surface area contributed by atoms with Crippen LogP contribution >= 0.6 is 0 Å². The second-order valence-corrected chi connectivity index (χ2v) is 7.47. The third-order valence-electron chi connectivity index (χ3n) is 5.29. The number of hydrogen-bond donors (Lipinski definition) is 0. The highest BCUT2D eigenvalue weighted by molar-refractivity contribution is 5.74. The minimum atomic E-state index is -2.26. The molecule has 0 saturated heterocycles. The van der Waals surface area contributed by atoms with Gasteiger partial charge in [0.2, 0.25) is 11.6 Å². The van der Waals surface area contributed by atoms with Crippen molar-refractivity contribution in [3.05, 3.63) is 118 Å². The molecule has 0 aromatic heterocycles. The highest BCUT2D eigenvalue weighted by Gasteiger charge is 2.27. The lowest BCUT2D eigenvalue weighted by Gasteiger charge is -2.09. The largest absolute Gasteiger partial charge is 0.203 e. The molecule has 0 aliphatic heterocycles. The molecule has 0 aliphatic carbocycles. The third kappa shape index (κ3) is 4.23. The number of benzene rings is 4. The van der Waals surface area contributed by atoms with E-state index in [1.807, 2.05) is 0 Å². The molecule has 0 aliphatic rings. The van der Waals surface area contributed by atoms with E-state index in [0.29, 0.717) is 11.1 Å². The van der Waals surface area contributed by atoms with Crippen molar-refractivity contribution in [1.82, 2.24) is 0 Å². The van der Waals surface area contributed by atoms with Gasteiger partial charge < -0.3 is 0 Å². The molecule has 10 heteroatoms. The van der Waals surface area contributed by atoms with E-state index in [1.54, 1.807) is 0 Å². The predicted octanol–water partition coefficient (Wildman–Crippen LogP) is 8.58. The highest BCUT2D eigenvalue weighted by atomic mass is 19.2. The van der Waals surface area contributed by atoms with Crippen molar-refractivity contribution < 1.29 is 43.9 Å². The summed E-state index contributed by atoms with van der Waals surface area (Å²) in [6.45, 7) is 0. The van der Waals surface area contributed by atoms with Crippen molar-refractivity contribution in [3.8, 4) is 22.3 Å². The van der Waals surface area contributed by atoms with Crippen LogP contribution in [-0.4, -0.2) is 0 Å².